The zero-order valence-electron chi connectivity index (χ0n) is 10.1. The Labute approximate surface area is 110 Å². The third-order valence-electron chi connectivity index (χ3n) is 3.62. The third kappa shape index (κ3) is 2.23. The molecule has 0 spiro atoms. The number of nitro groups is 1. The van der Waals surface area contributed by atoms with Gasteiger partial charge in [-0.25, -0.2) is 0 Å². The predicted octanol–water partition coefficient (Wildman–Crippen LogP) is 4.10. The first-order valence-corrected chi connectivity index (χ1v) is 6.94. The lowest BCUT2D eigenvalue weighted by Gasteiger charge is -2.32. The highest BCUT2D eigenvalue weighted by molar-refractivity contribution is 9.08. The summed E-state index contributed by atoms with van der Waals surface area (Å²) in [5.41, 5.74) is 3.60. The van der Waals surface area contributed by atoms with E-state index in [-0.39, 0.29) is 16.0 Å². The van der Waals surface area contributed by atoms with Crippen LogP contribution in [0.1, 0.15) is 43.4 Å². The molecule has 4 heteroatoms. The van der Waals surface area contributed by atoms with Crippen LogP contribution in [0.15, 0.2) is 12.1 Å². The normalized spacial score (nSPS) is 17.6. The minimum atomic E-state index is -0.279. The molecule has 0 aromatic heterocycles. The van der Waals surface area contributed by atoms with Crippen LogP contribution in [0.3, 0.4) is 0 Å². The topological polar surface area (TPSA) is 43.1 Å². The quantitative estimate of drug-likeness (QED) is 0.468. The summed E-state index contributed by atoms with van der Waals surface area (Å²) in [6.07, 6.45) is 3.23. The number of benzene rings is 1. The fourth-order valence-electron chi connectivity index (χ4n) is 2.65. The van der Waals surface area contributed by atoms with Gasteiger partial charge in [0.15, 0.2) is 0 Å². The molecule has 0 N–H and O–H groups in total. The number of hydrogen-bond donors (Lipinski definition) is 0. The summed E-state index contributed by atoms with van der Waals surface area (Å²) in [7, 11) is 0. The number of nitro benzene ring substituents is 1. The van der Waals surface area contributed by atoms with Gasteiger partial charge in [-0.3, -0.25) is 10.1 Å². The van der Waals surface area contributed by atoms with Gasteiger partial charge in [-0.05, 0) is 41.9 Å². The molecular weight excluding hydrogens is 282 g/mol. The third-order valence-corrected chi connectivity index (χ3v) is 4.23. The molecule has 0 aliphatic heterocycles. The van der Waals surface area contributed by atoms with Crippen molar-refractivity contribution in [3.63, 3.8) is 0 Å². The number of nitrogens with zero attached hydrogens (tertiary/aromatic N) is 1. The minimum absolute atomic E-state index is 0.139. The van der Waals surface area contributed by atoms with Gasteiger partial charge in [0.1, 0.15) is 0 Å². The van der Waals surface area contributed by atoms with E-state index in [4.69, 9.17) is 0 Å². The fourth-order valence-corrected chi connectivity index (χ4v) is 3.09. The molecule has 0 fully saturated rings. The fraction of sp³-hybridized carbons (Fsp3) is 0.538. The highest BCUT2D eigenvalue weighted by Gasteiger charge is 2.30. The predicted molar refractivity (Wildman–Crippen MR) is 71.7 cm³/mol. The number of alkyl halides is 1. The number of hydrogen-bond acceptors (Lipinski definition) is 2. The lowest BCUT2D eigenvalue weighted by Crippen LogP contribution is -2.24. The summed E-state index contributed by atoms with van der Waals surface area (Å²) in [6, 6.07) is 3.79. The van der Waals surface area contributed by atoms with E-state index in [9.17, 15) is 10.1 Å². The van der Waals surface area contributed by atoms with Crippen LogP contribution in [-0.4, -0.2) is 4.92 Å². The zero-order chi connectivity index (χ0) is 12.6. The summed E-state index contributed by atoms with van der Waals surface area (Å²) in [5, 5.41) is 11.5. The Bertz CT molecular complexity index is 469. The Morgan fingerprint density at radius 3 is 2.76 bits per heavy atom. The molecule has 0 radical (unpaired) electrons. The molecule has 1 aliphatic carbocycles. The van der Waals surface area contributed by atoms with Crippen LogP contribution < -0.4 is 0 Å². The van der Waals surface area contributed by atoms with Crippen molar-refractivity contribution in [3.8, 4) is 0 Å². The van der Waals surface area contributed by atoms with Crippen LogP contribution in [-0.2, 0) is 17.2 Å². The lowest BCUT2D eigenvalue weighted by atomic mass is 9.72. The average Bonchev–Trinajstić information content (AvgIpc) is 2.27. The van der Waals surface area contributed by atoms with E-state index in [0.29, 0.717) is 5.33 Å². The molecule has 0 unspecified atom stereocenters. The van der Waals surface area contributed by atoms with Gasteiger partial charge in [-0.2, -0.15) is 0 Å². The van der Waals surface area contributed by atoms with E-state index >= 15 is 0 Å². The van der Waals surface area contributed by atoms with Crippen LogP contribution in [0.25, 0.3) is 0 Å². The largest absolute Gasteiger partial charge is 0.273 e. The molecule has 0 heterocycles. The number of aryl methyl sites for hydroxylation is 1. The van der Waals surface area contributed by atoms with Crippen LogP contribution in [0.5, 0.6) is 0 Å². The van der Waals surface area contributed by atoms with Crippen molar-refractivity contribution in [3.05, 3.63) is 38.9 Å². The molecule has 1 aliphatic rings. The zero-order valence-corrected chi connectivity index (χ0v) is 11.7. The van der Waals surface area contributed by atoms with E-state index in [2.05, 4.69) is 29.8 Å². The molecule has 92 valence electrons. The number of halogens is 1. The average molecular weight is 298 g/mol. The summed E-state index contributed by atoms with van der Waals surface area (Å²) in [6.45, 7) is 4.43. The first kappa shape index (κ1) is 12.6. The monoisotopic (exact) mass is 297 g/mol. The maximum Gasteiger partial charge on any atom is 0.273 e. The Balaban J connectivity index is 2.61. The maximum absolute atomic E-state index is 11.0. The Morgan fingerprint density at radius 2 is 2.18 bits per heavy atom. The molecule has 1 aromatic carbocycles. The molecule has 17 heavy (non-hydrogen) atoms. The molecular formula is C13H16BrNO2. The van der Waals surface area contributed by atoms with Gasteiger partial charge in [0, 0.05) is 17.0 Å². The Hall–Kier alpha value is -0.900. The van der Waals surface area contributed by atoms with Crippen LogP contribution in [0, 0.1) is 10.1 Å². The van der Waals surface area contributed by atoms with Crippen molar-refractivity contribution in [1.82, 2.24) is 0 Å². The van der Waals surface area contributed by atoms with Crippen molar-refractivity contribution in [2.75, 3.05) is 0 Å². The van der Waals surface area contributed by atoms with Gasteiger partial charge >= 0.3 is 0 Å². The van der Waals surface area contributed by atoms with Crippen molar-refractivity contribution >= 4 is 21.6 Å². The first-order chi connectivity index (χ1) is 7.95. The molecule has 0 saturated carbocycles. The van der Waals surface area contributed by atoms with Gasteiger partial charge in [0.2, 0.25) is 0 Å². The molecule has 0 saturated heterocycles. The van der Waals surface area contributed by atoms with E-state index in [1.807, 2.05) is 6.07 Å². The highest BCUT2D eigenvalue weighted by Crippen LogP contribution is 2.39. The molecule has 2 rings (SSSR count). The van der Waals surface area contributed by atoms with Crippen molar-refractivity contribution in [2.24, 2.45) is 0 Å². The summed E-state index contributed by atoms with van der Waals surface area (Å²) < 4.78 is 0. The van der Waals surface area contributed by atoms with Gasteiger partial charge in [-0.1, -0.05) is 29.8 Å². The maximum atomic E-state index is 11.0. The van der Waals surface area contributed by atoms with E-state index in [1.54, 1.807) is 6.07 Å². The molecule has 0 bridgehead atoms. The van der Waals surface area contributed by atoms with E-state index in [1.165, 1.54) is 5.56 Å². The standard InChI is InChI=1S/C13H16BrNO2/c1-13(2)5-3-4-9-7-12(15(16)17)10(8-14)6-11(9)13/h6-7H,3-5,8H2,1-2H3. The Kier molecular flexibility index (Phi) is 3.25. The molecule has 1 aromatic rings. The second-order valence-electron chi connectivity index (χ2n) is 5.27. The summed E-state index contributed by atoms with van der Waals surface area (Å²) in [4.78, 5) is 10.7. The van der Waals surface area contributed by atoms with Crippen LogP contribution in [0.4, 0.5) is 5.69 Å². The second kappa shape index (κ2) is 4.41. The van der Waals surface area contributed by atoms with Gasteiger partial charge in [0.05, 0.1) is 4.92 Å². The first-order valence-electron chi connectivity index (χ1n) is 5.82. The van der Waals surface area contributed by atoms with E-state index < -0.39 is 0 Å². The Morgan fingerprint density at radius 1 is 1.47 bits per heavy atom. The summed E-state index contributed by atoms with van der Waals surface area (Å²) in [5.74, 6) is 0. The highest BCUT2D eigenvalue weighted by atomic mass is 79.9. The van der Waals surface area contributed by atoms with Gasteiger partial charge in [-0.15, -0.1) is 0 Å². The van der Waals surface area contributed by atoms with Crippen LogP contribution >= 0.6 is 15.9 Å². The summed E-state index contributed by atoms with van der Waals surface area (Å²) >= 11 is 3.34. The van der Waals surface area contributed by atoms with E-state index in [0.717, 1.165) is 30.4 Å². The van der Waals surface area contributed by atoms with Crippen molar-refractivity contribution < 1.29 is 4.92 Å². The lowest BCUT2D eigenvalue weighted by molar-refractivity contribution is -0.385. The SMILES string of the molecule is CC1(C)CCCc2cc([N+](=O)[O-])c(CBr)cc21. The molecule has 0 atom stereocenters. The smallest absolute Gasteiger partial charge is 0.258 e. The molecule has 0 amide bonds. The van der Waals surface area contributed by atoms with Gasteiger partial charge < -0.3 is 0 Å². The number of rotatable bonds is 2. The molecule has 3 nitrogen and oxygen atoms in total. The van der Waals surface area contributed by atoms with Crippen molar-refractivity contribution in [1.29, 1.82) is 0 Å². The van der Waals surface area contributed by atoms with Gasteiger partial charge in [0.25, 0.3) is 5.69 Å². The number of fused-ring (bicyclic) bond motifs is 1. The minimum Gasteiger partial charge on any atom is -0.258 e. The van der Waals surface area contributed by atoms with Crippen LogP contribution in [0.2, 0.25) is 0 Å². The van der Waals surface area contributed by atoms with Crippen molar-refractivity contribution in [2.45, 2.75) is 43.9 Å². The second-order valence-corrected chi connectivity index (χ2v) is 5.83.